The van der Waals surface area contributed by atoms with Gasteiger partial charge in [-0.2, -0.15) is 0 Å². The fourth-order valence-corrected chi connectivity index (χ4v) is 3.36. The molecule has 6 nitrogen and oxygen atoms in total. The molecule has 0 spiro atoms. The Bertz CT molecular complexity index is 412. The van der Waals surface area contributed by atoms with Crippen LogP contribution in [0, 0.1) is 5.92 Å². The lowest BCUT2D eigenvalue weighted by molar-refractivity contribution is -0.135. The van der Waals surface area contributed by atoms with Crippen molar-refractivity contribution in [3.8, 4) is 0 Å². The van der Waals surface area contributed by atoms with Crippen LogP contribution in [0.25, 0.3) is 0 Å². The molecule has 2 fully saturated rings. The van der Waals surface area contributed by atoms with Crippen molar-refractivity contribution in [1.29, 1.82) is 0 Å². The van der Waals surface area contributed by atoms with Crippen LogP contribution in [-0.2, 0) is 14.3 Å². The van der Waals surface area contributed by atoms with Crippen molar-refractivity contribution >= 4 is 11.8 Å². The van der Waals surface area contributed by atoms with Crippen LogP contribution in [0.2, 0.25) is 0 Å². The Labute approximate surface area is 146 Å². The van der Waals surface area contributed by atoms with Crippen LogP contribution in [0.5, 0.6) is 0 Å². The number of carbonyl (C=O) groups is 2. The van der Waals surface area contributed by atoms with E-state index in [0.717, 1.165) is 52.1 Å². The van der Waals surface area contributed by atoms with Crippen LogP contribution in [-0.4, -0.2) is 85.5 Å². The number of amides is 2. The van der Waals surface area contributed by atoms with E-state index in [0.29, 0.717) is 31.3 Å². The standard InChI is InChI=1S/C18H33N3O3/c1-15(2)24-13-6-17(22)20-7-4-16(5-8-20)14-18(23)21-11-9-19(3)10-12-21/h15-16H,4-14H2,1-3H3. The highest BCUT2D eigenvalue weighted by Crippen LogP contribution is 2.22. The van der Waals surface area contributed by atoms with Gasteiger partial charge in [0, 0.05) is 45.7 Å². The summed E-state index contributed by atoms with van der Waals surface area (Å²) in [4.78, 5) is 30.7. The topological polar surface area (TPSA) is 53.1 Å². The van der Waals surface area contributed by atoms with Gasteiger partial charge >= 0.3 is 0 Å². The maximum atomic E-state index is 12.4. The highest BCUT2D eigenvalue weighted by molar-refractivity contribution is 5.77. The summed E-state index contributed by atoms with van der Waals surface area (Å²) >= 11 is 0. The first kappa shape index (κ1) is 19.2. The van der Waals surface area contributed by atoms with Gasteiger partial charge in [-0.25, -0.2) is 0 Å². The third-order valence-corrected chi connectivity index (χ3v) is 5.05. The smallest absolute Gasteiger partial charge is 0.224 e. The molecule has 2 aliphatic heterocycles. The minimum absolute atomic E-state index is 0.170. The van der Waals surface area contributed by atoms with Crippen molar-refractivity contribution in [3.05, 3.63) is 0 Å². The molecule has 24 heavy (non-hydrogen) atoms. The summed E-state index contributed by atoms with van der Waals surface area (Å²) in [5, 5.41) is 0. The number of ether oxygens (including phenoxy) is 1. The predicted molar refractivity (Wildman–Crippen MR) is 93.7 cm³/mol. The summed E-state index contributed by atoms with van der Waals surface area (Å²) in [7, 11) is 2.10. The lowest BCUT2D eigenvalue weighted by Crippen LogP contribution is -2.48. The molecular weight excluding hydrogens is 306 g/mol. The average molecular weight is 339 g/mol. The number of hydrogen-bond acceptors (Lipinski definition) is 4. The van der Waals surface area contributed by atoms with Crippen molar-refractivity contribution in [2.75, 3.05) is 52.9 Å². The maximum absolute atomic E-state index is 12.4. The van der Waals surface area contributed by atoms with E-state index in [1.54, 1.807) is 0 Å². The molecule has 6 heteroatoms. The molecule has 2 aliphatic rings. The van der Waals surface area contributed by atoms with Gasteiger partial charge in [-0.05, 0) is 39.7 Å². The Kier molecular flexibility index (Phi) is 7.49. The Morgan fingerprint density at radius 1 is 0.958 bits per heavy atom. The number of nitrogens with zero attached hydrogens (tertiary/aromatic N) is 3. The Morgan fingerprint density at radius 2 is 1.54 bits per heavy atom. The molecule has 0 radical (unpaired) electrons. The number of rotatable bonds is 6. The second-order valence-corrected chi connectivity index (χ2v) is 7.38. The third-order valence-electron chi connectivity index (χ3n) is 5.05. The molecule has 0 N–H and O–H groups in total. The van der Waals surface area contributed by atoms with Gasteiger partial charge in [0.15, 0.2) is 0 Å². The summed E-state index contributed by atoms with van der Waals surface area (Å²) in [6.07, 6.45) is 3.15. The van der Waals surface area contributed by atoms with Crippen molar-refractivity contribution in [2.24, 2.45) is 5.92 Å². The van der Waals surface area contributed by atoms with E-state index < -0.39 is 0 Å². The van der Waals surface area contributed by atoms with Crippen molar-refractivity contribution in [3.63, 3.8) is 0 Å². The van der Waals surface area contributed by atoms with Gasteiger partial charge in [0.05, 0.1) is 19.1 Å². The summed E-state index contributed by atoms with van der Waals surface area (Å²) in [6, 6.07) is 0. The van der Waals surface area contributed by atoms with Gasteiger partial charge in [0.25, 0.3) is 0 Å². The molecule has 2 saturated heterocycles. The zero-order chi connectivity index (χ0) is 17.5. The number of carbonyl (C=O) groups excluding carboxylic acids is 2. The SMILES string of the molecule is CC(C)OCCC(=O)N1CCC(CC(=O)N2CCN(C)CC2)CC1. The largest absolute Gasteiger partial charge is 0.378 e. The van der Waals surface area contributed by atoms with E-state index in [1.165, 1.54) is 0 Å². The number of piperazine rings is 1. The van der Waals surface area contributed by atoms with Crippen LogP contribution < -0.4 is 0 Å². The summed E-state index contributed by atoms with van der Waals surface area (Å²) in [6.45, 7) is 9.65. The van der Waals surface area contributed by atoms with Crippen LogP contribution in [0.3, 0.4) is 0 Å². The van der Waals surface area contributed by atoms with Crippen LogP contribution >= 0.6 is 0 Å². The zero-order valence-electron chi connectivity index (χ0n) is 15.5. The third kappa shape index (κ3) is 6.06. The van der Waals surface area contributed by atoms with Crippen LogP contribution in [0.4, 0.5) is 0 Å². The van der Waals surface area contributed by atoms with Gasteiger partial charge in [0.1, 0.15) is 0 Å². The fraction of sp³-hybridized carbons (Fsp3) is 0.889. The molecule has 2 amide bonds. The minimum Gasteiger partial charge on any atom is -0.378 e. The van der Waals surface area contributed by atoms with Gasteiger partial charge in [-0.3, -0.25) is 9.59 Å². The summed E-state index contributed by atoms with van der Waals surface area (Å²) < 4.78 is 5.45. The molecule has 0 aromatic heterocycles. The molecule has 0 unspecified atom stereocenters. The molecule has 0 aromatic rings. The molecule has 0 aliphatic carbocycles. The number of hydrogen-bond donors (Lipinski definition) is 0. The van der Waals surface area contributed by atoms with Gasteiger partial charge in [-0.15, -0.1) is 0 Å². The highest BCUT2D eigenvalue weighted by Gasteiger charge is 2.27. The van der Waals surface area contributed by atoms with Gasteiger partial charge in [0.2, 0.25) is 11.8 Å². The van der Waals surface area contributed by atoms with E-state index in [2.05, 4.69) is 11.9 Å². The Balaban J connectivity index is 1.65. The molecule has 0 atom stereocenters. The van der Waals surface area contributed by atoms with E-state index >= 15 is 0 Å². The maximum Gasteiger partial charge on any atom is 0.224 e. The number of piperidine rings is 1. The molecule has 0 aromatic carbocycles. The first-order valence-corrected chi connectivity index (χ1v) is 9.31. The fourth-order valence-electron chi connectivity index (χ4n) is 3.36. The van der Waals surface area contributed by atoms with Crippen LogP contribution in [0.15, 0.2) is 0 Å². The minimum atomic E-state index is 0.170. The monoisotopic (exact) mass is 339 g/mol. The second-order valence-electron chi connectivity index (χ2n) is 7.38. The first-order chi connectivity index (χ1) is 11.5. The van der Waals surface area contributed by atoms with E-state index in [4.69, 9.17) is 4.74 Å². The normalized spacial score (nSPS) is 20.7. The zero-order valence-corrected chi connectivity index (χ0v) is 15.5. The molecule has 0 bridgehead atoms. The Hall–Kier alpha value is -1.14. The molecule has 2 rings (SSSR count). The highest BCUT2D eigenvalue weighted by atomic mass is 16.5. The van der Waals surface area contributed by atoms with E-state index in [1.807, 2.05) is 23.6 Å². The lowest BCUT2D eigenvalue weighted by atomic mass is 9.92. The Morgan fingerprint density at radius 3 is 2.12 bits per heavy atom. The molecule has 2 heterocycles. The van der Waals surface area contributed by atoms with Crippen molar-refractivity contribution < 1.29 is 14.3 Å². The summed E-state index contributed by atoms with van der Waals surface area (Å²) in [5.74, 6) is 0.894. The van der Waals surface area contributed by atoms with Gasteiger partial charge < -0.3 is 19.4 Å². The number of likely N-dealkylation sites (N-methyl/N-ethyl adjacent to an activating group) is 1. The van der Waals surface area contributed by atoms with Crippen LogP contribution in [0.1, 0.15) is 39.5 Å². The van der Waals surface area contributed by atoms with Crippen molar-refractivity contribution in [2.45, 2.75) is 45.6 Å². The number of likely N-dealkylation sites (tertiary alicyclic amines) is 1. The molecular formula is C18H33N3O3. The predicted octanol–water partition coefficient (Wildman–Crippen LogP) is 1.20. The quantitative estimate of drug-likeness (QED) is 0.730. The van der Waals surface area contributed by atoms with Gasteiger partial charge in [-0.1, -0.05) is 0 Å². The summed E-state index contributed by atoms with van der Waals surface area (Å²) in [5.41, 5.74) is 0. The molecule has 138 valence electrons. The first-order valence-electron chi connectivity index (χ1n) is 9.31. The van der Waals surface area contributed by atoms with E-state index in [9.17, 15) is 9.59 Å². The van der Waals surface area contributed by atoms with Crippen molar-refractivity contribution in [1.82, 2.24) is 14.7 Å². The van der Waals surface area contributed by atoms with E-state index in [-0.39, 0.29) is 12.0 Å². The average Bonchev–Trinajstić information content (AvgIpc) is 2.55. The molecule has 0 saturated carbocycles. The lowest BCUT2D eigenvalue weighted by Gasteiger charge is -2.35. The second kappa shape index (κ2) is 9.37.